The summed E-state index contributed by atoms with van der Waals surface area (Å²) in [5.74, 6) is 0. The van der Waals surface area contributed by atoms with Crippen LogP contribution in [0.5, 0.6) is 0 Å². The van der Waals surface area contributed by atoms with E-state index in [0.29, 0.717) is 16.7 Å². The van der Waals surface area contributed by atoms with E-state index in [1.807, 2.05) is 32.0 Å². The molecule has 0 heterocycles. The molecule has 0 radical (unpaired) electrons. The zero-order valence-electron chi connectivity index (χ0n) is 10.2. The molecule has 17 heavy (non-hydrogen) atoms. The highest BCUT2D eigenvalue weighted by molar-refractivity contribution is 7.80. The SMILES string of the molecule is COCC(C)NC(=S)Nc1c(C)cccc1Cl. The van der Waals surface area contributed by atoms with Gasteiger partial charge in [0.05, 0.1) is 17.3 Å². The molecule has 0 spiro atoms. The molecule has 1 rings (SSSR count). The summed E-state index contributed by atoms with van der Waals surface area (Å²) < 4.78 is 5.03. The maximum Gasteiger partial charge on any atom is 0.171 e. The summed E-state index contributed by atoms with van der Waals surface area (Å²) in [4.78, 5) is 0. The van der Waals surface area contributed by atoms with E-state index in [1.54, 1.807) is 7.11 Å². The number of methoxy groups -OCH3 is 1. The van der Waals surface area contributed by atoms with Crippen LogP contribution in [-0.2, 0) is 4.74 Å². The van der Waals surface area contributed by atoms with Crippen LogP contribution in [0.2, 0.25) is 5.02 Å². The van der Waals surface area contributed by atoms with Crippen molar-refractivity contribution in [2.45, 2.75) is 19.9 Å². The Hall–Kier alpha value is -0.840. The van der Waals surface area contributed by atoms with E-state index in [0.717, 1.165) is 11.3 Å². The Labute approximate surface area is 112 Å². The number of ether oxygens (including phenoxy) is 1. The van der Waals surface area contributed by atoms with Gasteiger partial charge in [-0.05, 0) is 37.7 Å². The lowest BCUT2D eigenvalue weighted by Crippen LogP contribution is -2.38. The molecule has 0 saturated carbocycles. The van der Waals surface area contributed by atoms with Gasteiger partial charge in [-0.3, -0.25) is 0 Å². The summed E-state index contributed by atoms with van der Waals surface area (Å²) in [6, 6.07) is 5.88. The number of nitrogens with one attached hydrogen (secondary N) is 2. The Morgan fingerprint density at radius 1 is 1.53 bits per heavy atom. The highest BCUT2D eigenvalue weighted by Gasteiger charge is 2.07. The van der Waals surface area contributed by atoms with Crippen molar-refractivity contribution < 1.29 is 4.74 Å². The topological polar surface area (TPSA) is 33.3 Å². The van der Waals surface area contributed by atoms with Crippen molar-refractivity contribution in [3.8, 4) is 0 Å². The minimum absolute atomic E-state index is 0.155. The molecule has 0 fully saturated rings. The second-order valence-electron chi connectivity index (χ2n) is 3.89. The summed E-state index contributed by atoms with van der Waals surface area (Å²) in [5.41, 5.74) is 1.90. The Balaban J connectivity index is 2.62. The predicted molar refractivity (Wildman–Crippen MR) is 76.9 cm³/mol. The van der Waals surface area contributed by atoms with Crippen LogP contribution in [0.15, 0.2) is 18.2 Å². The first-order valence-corrected chi connectivity index (χ1v) is 6.14. The van der Waals surface area contributed by atoms with E-state index < -0.39 is 0 Å². The van der Waals surface area contributed by atoms with Crippen LogP contribution in [0.4, 0.5) is 5.69 Å². The van der Waals surface area contributed by atoms with Crippen LogP contribution >= 0.6 is 23.8 Å². The van der Waals surface area contributed by atoms with Gasteiger partial charge in [-0.1, -0.05) is 23.7 Å². The molecule has 0 aliphatic heterocycles. The van der Waals surface area contributed by atoms with Crippen molar-refractivity contribution in [3.05, 3.63) is 28.8 Å². The van der Waals surface area contributed by atoms with Crippen molar-refractivity contribution in [3.63, 3.8) is 0 Å². The number of aryl methyl sites for hydroxylation is 1. The van der Waals surface area contributed by atoms with Crippen LogP contribution in [0.3, 0.4) is 0 Å². The first kappa shape index (κ1) is 14.2. The van der Waals surface area contributed by atoms with E-state index in [4.69, 9.17) is 28.6 Å². The molecule has 1 atom stereocenters. The fourth-order valence-corrected chi connectivity index (χ4v) is 2.03. The van der Waals surface area contributed by atoms with Gasteiger partial charge in [0.25, 0.3) is 0 Å². The van der Waals surface area contributed by atoms with Gasteiger partial charge in [0.2, 0.25) is 0 Å². The van der Waals surface area contributed by atoms with Gasteiger partial charge < -0.3 is 15.4 Å². The van der Waals surface area contributed by atoms with E-state index in [2.05, 4.69) is 10.6 Å². The minimum atomic E-state index is 0.155. The number of halogens is 1. The van der Waals surface area contributed by atoms with Gasteiger partial charge in [0, 0.05) is 13.2 Å². The largest absolute Gasteiger partial charge is 0.383 e. The fourth-order valence-electron chi connectivity index (χ4n) is 1.46. The van der Waals surface area contributed by atoms with Gasteiger partial charge in [-0.15, -0.1) is 0 Å². The van der Waals surface area contributed by atoms with Gasteiger partial charge in [0.1, 0.15) is 0 Å². The Kier molecular flexibility index (Phi) is 5.68. The Bertz CT molecular complexity index is 378. The number of hydrogen-bond donors (Lipinski definition) is 2. The zero-order chi connectivity index (χ0) is 12.8. The predicted octanol–water partition coefficient (Wildman–Crippen LogP) is 2.97. The normalized spacial score (nSPS) is 12.0. The molecule has 3 nitrogen and oxygen atoms in total. The lowest BCUT2D eigenvalue weighted by Gasteiger charge is -2.17. The van der Waals surface area contributed by atoms with Crippen molar-refractivity contribution in [2.75, 3.05) is 19.0 Å². The quantitative estimate of drug-likeness (QED) is 0.826. The van der Waals surface area contributed by atoms with E-state index in [9.17, 15) is 0 Å². The summed E-state index contributed by atoms with van der Waals surface area (Å²) in [7, 11) is 1.66. The van der Waals surface area contributed by atoms with Crippen molar-refractivity contribution in [1.29, 1.82) is 0 Å². The molecule has 0 bridgehead atoms. The lowest BCUT2D eigenvalue weighted by molar-refractivity contribution is 0.179. The third kappa shape index (κ3) is 4.50. The number of para-hydroxylation sites is 1. The number of anilines is 1. The molecule has 0 aliphatic carbocycles. The summed E-state index contributed by atoms with van der Waals surface area (Å²) in [5, 5.41) is 7.43. The van der Waals surface area contributed by atoms with Crippen molar-refractivity contribution in [2.24, 2.45) is 0 Å². The summed E-state index contributed by atoms with van der Waals surface area (Å²) >= 11 is 11.3. The van der Waals surface area contributed by atoms with Crippen molar-refractivity contribution in [1.82, 2.24) is 5.32 Å². The van der Waals surface area contributed by atoms with Gasteiger partial charge in [-0.25, -0.2) is 0 Å². The van der Waals surface area contributed by atoms with Crippen molar-refractivity contribution >= 4 is 34.6 Å². The highest BCUT2D eigenvalue weighted by Crippen LogP contribution is 2.24. The molecule has 1 unspecified atom stereocenters. The first-order valence-electron chi connectivity index (χ1n) is 5.36. The second kappa shape index (κ2) is 6.79. The van der Waals surface area contributed by atoms with Crippen LogP contribution in [-0.4, -0.2) is 24.9 Å². The molecule has 2 N–H and O–H groups in total. The molecular weight excluding hydrogens is 256 g/mol. The lowest BCUT2D eigenvalue weighted by atomic mass is 10.2. The number of hydrogen-bond acceptors (Lipinski definition) is 2. The average Bonchev–Trinajstić information content (AvgIpc) is 2.24. The van der Waals surface area contributed by atoms with Gasteiger partial charge >= 0.3 is 0 Å². The maximum atomic E-state index is 6.10. The molecule has 0 aromatic heterocycles. The van der Waals surface area contributed by atoms with Crippen LogP contribution in [0.1, 0.15) is 12.5 Å². The van der Waals surface area contributed by atoms with Gasteiger partial charge in [-0.2, -0.15) is 0 Å². The van der Waals surface area contributed by atoms with Crippen LogP contribution in [0, 0.1) is 6.92 Å². The summed E-state index contributed by atoms with van der Waals surface area (Å²) in [6.07, 6.45) is 0. The first-order chi connectivity index (χ1) is 8.04. The van der Waals surface area contributed by atoms with E-state index in [-0.39, 0.29) is 6.04 Å². The number of rotatable bonds is 4. The highest BCUT2D eigenvalue weighted by atomic mass is 35.5. The second-order valence-corrected chi connectivity index (χ2v) is 4.70. The van der Waals surface area contributed by atoms with E-state index >= 15 is 0 Å². The van der Waals surface area contributed by atoms with Crippen LogP contribution in [0.25, 0.3) is 0 Å². The molecule has 94 valence electrons. The molecule has 0 amide bonds. The monoisotopic (exact) mass is 272 g/mol. The maximum absolute atomic E-state index is 6.10. The number of thiocarbonyl (C=S) groups is 1. The van der Waals surface area contributed by atoms with Gasteiger partial charge in [0.15, 0.2) is 5.11 Å². The van der Waals surface area contributed by atoms with E-state index in [1.165, 1.54) is 0 Å². The molecule has 1 aromatic rings. The summed E-state index contributed by atoms with van der Waals surface area (Å²) in [6.45, 7) is 4.58. The third-order valence-electron chi connectivity index (χ3n) is 2.25. The molecule has 0 aliphatic rings. The smallest absolute Gasteiger partial charge is 0.171 e. The third-order valence-corrected chi connectivity index (χ3v) is 2.79. The standard InChI is InChI=1S/C12H17ClN2OS/c1-8-5-4-6-10(13)11(8)15-12(17)14-9(2)7-16-3/h4-6,9H,7H2,1-3H3,(H2,14,15,17). The Morgan fingerprint density at radius 2 is 2.24 bits per heavy atom. The van der Waals surface area contributed by atoms with Crippen LogP contribution < -0.4 is 10.6 Å². The molecular formula is C12H17ClN2OS. The molecule has 1 aromatic carbocycles. The fraction of sp³-hybridized carbons (Fsp3) is 0.417. The molecule has 5 heteroatoms. The number of benzene rings is 1. The zero-order valence-corrected chi connectivity index (χ0v) is 11.8. The molecule has 0 saturated heterocycles. The minimum Gasteiger partial charge on any atom is -0.383 e. The Morgan fingerprint density at radius 3 is 2.82 bits per heavy atom. The average molecular weight is 273 g/mol.